The number of benzene rings is 1. The van der Waals surface area contributed by atoms with Gasteiger partial charge < -0.3 is 4.74 Å². The highest BCUT2D eigenvalue weighted by molar-refractivity contribution is 9.10. The fourth-order valence-electron chi connectivity index (χ4n) is 2.04. The Morgan fingerprint density at radius 1 is 1.32 bits per heavy atom. The van der Waals surface area contributed by atoms with E-state index in [1.165, 1.54) is 5.56 Å². The standard InChI is InChI=1S/C16H23BrO2/c1-4-7-13(10-16(18)19-11-12(2)3)14-8-5-6-9-15(14)17/h5-6,8-9,12-13H,4,7,10-11H2,1-3H3. The zero-order valence-corrected chi connectivity index (χ0v) is 13.6. The number of esters is 1. The molecule has 19 heavy (non-hydrogen) atoms. The van der Waals surface area contributed by atoms with Crippen LogP contribution in [0.3, 0.4) is 0 Å². The summed E-state index contributed by atoms with van der Waals surface area (Å²) in [5, 5.41) is 0. The summed E-state index contributed by atoms with van der Waals surface area (Å²) in [7, 11) is 0. The Labute approximate surface area is 124 Å². The van der Waals surface area contributed by atoms with Gasteiger partial charge in [0.2, 0.25) is 0 Å². The summed E-state index contributed by atoms with van der Waals surface area (Å²) in [6.45, 7) is 6.74. The van der Waals surface area contributed by atoms with Crippen molar-refractivity contribution in [3.05, 3.63) is 34.3 Å². The van der Waals surface area contributed by atoms with Gasteiger partial charge in [0.25, 0.3) is 0 Å². The first-order chi connectivity index (χ1) is 9.04. The van der Waals surface area contributed by atoms with Crippen molar-refractivity contribution in [2.24, 2.45) is 5.92 Å². The van der Waals surface area contributed by atoms with Crippen molar-refractivity contribution in [2.45, 2.75) is 46.0 Å². The summed E-state index contributed by atoms with van der Waals surface area (Å²) in [4.78, 5) is 11.9. The summed E-state index contributed by atoms with van der Waals surface area (Å²) in [6.07, 6.45) is 2.52. The first-order valence-electron chi connectivity index (χ1n) is 6.94. The van der Waals surface area contributed by atoms with Crippen LogP contribution in [0.25, 0.3) is 0 Å². The molecule has 0 aromatic heterocycles. The molecule has 1 unspecified atom stereocenters. The Morgan fingerprint density at radius 2 is 2.00 bits per heavy atom. The predicted octanol–water partition coefficient (Wildman–Crippen LogP) is 4.92. The molecule has 0 spiro atoms. The maximum absolute atomic E-state index is 11.9. The van der Waals surface area contributed by atoms with Gasteiger partial charge in [-0.15, -0.1) is 0 Å². The summed E-state index contributed by atoms with van der Waals surface area (Å²) < 4.78 is 6.36. The molecule has 0 saturated heterocycles. The molecule has 0 aliphatic heterocycles. The van der Waals surface area contributed by atoms with E-state index in [9.17, 15) is 4.79 Å². The van der Waals surface area contributed by atoms with Crippen molar-refractivity contribution < 1.29 is 9.53 Å². The number of ether oxygens (including phenoxy) is 1. The van der Waals surface area contributed by atoms with Crippen LogP contribution >= 0.6 is 15.9 Å². The van der Waals surface area contributed by atoms with Gasteiger partial charge in [-0.1, -0.05) is 61.3 Å². The Hall–Kier alpha value is -0.830. The van der Waals surface area contributed by atoms with Gasteiger partial charge in [0.1, 0.15) is 0 Å². The summed E-state index contributed by atoms with van der Waals surface area (Å²) in [5.41, 5.74) is 1.20. The lowest BCUT2D eigenvalue weighted by molar-refractivity contribution is -0.145. The number of hydrogen-bond acceptors (Lipinski definition) is 2. The second-order valence-corrected chi connectivity index (χ2v) is 6.14. The van der Waals surface area contributed by atoms with Gasteiger partial charge in [-0.2, -0.15) is 0 Å². The van der Waals surface area contributed by atoms with Gasteiger partial charge in [-0.25, -0.2) is 0 Å². The van der Waals surface area contributed by atoms with Crippen LogP contribution in [0.5, 0.6) is 0 Å². The highest BCUT2D eigenvalue weighted by atomic mass is 79.9. The van der Waals surface area contributed by atoms with Crippen LogP contribution in [0.4, 0.5) is 0 Å². The summed E-state index contributed by atoms with van der Waals surface area (Å²) in [5.74, 6) is 0.528. The normalized spacial score (nSPS) is 12.5. The minimum absolute atomic E-state index is 0.0945. The second kappa shape index (κ2) is 8.36. The number of carbonyl (C=O) groups is 1. The first kappa shape index (κ1) is 16.2. The molecular formula is C16H23BrO2. The second-order valence-electron chi connectivity index (χ2n) is 5.29. The molecule has 0 saturated carbocycles. The van der Waals surface area contributed by atoms with E-state index in [-0.39, 0.29) is 11.9 Å². The van der Waals surface area contributed by atoms with Crippen molar-refractivity contribution in [3.63, 3.8) is 0 Å². The third kappa shape index (κ3) is 5.77. The Balaban J connectivity index is 2.68. The largest absolute Gasteiger partial charge is 0.465 e. The number of hydrogen-bond donors (Lipinski definition) is 0. The van der Waals surface area contributed by atoms with Gasteiger partial charge in [-0.3, -0.25) is 4.79 Å². The highest BCUT2D eigenvalue weighted by Gasteiger charge is 2.18. The average Bonchev–Trinajstić information content (AvgIpc) is 2.36. The summed E-state index contributed by atoms with van der Waals surface area (Å²) >= 11 is 3.57. The van der Waals surface area contributed by atoms with E-state index in [0.717, 1.165) is 17.3 Å². The maximum atomic E-state index is 11.9. The molecule has 0 amide bonds. The minimum Gasteiger partial charge on any atom is -0.465 e. The van der Waals surface area contributed by atoms with Crippen LogP contribution in [-0.4, -0.2) is 12.6 Å². The molecular weight excluding hydrogens is 304 g/mol. The Bertz CT molecular complexity index is 401. The molecule has 0 aliphatic rings. The van der Waals surface area contributed by atoms with E-state index in [0.29, 0.717) is 18.9 Å². The molecule has 0 heterocycles. The molecule has 0 bridgehead atoms. The minimum atomic E-state index is -0.0945. The SMILES string of the molecule is CCCC(CC(=O)OCC(C)C)c1ccccc1Br. The van der Waals surface area contributed by atoms with Crippen LogP contribution in [0.15, 0.2) is 28.7 Å². The van der Waals surface area contributed by atoms with Gasteiger partial charge in [-0.05, 0) is 29.9 Å². The predicted molar refractivity (Wildman–Crippen MR) is 82.2 cm³/mol. The van der Waals surface area contributed by atoms with Crippen LogP contribution < -0.4 is 0 Å². The fraction of sp³-hybridized carbons (Fsp3) is 0.562. The van der Waals surface area contributed by atoms with Crippen LogP contribution in [-0.2, 0) is 9.53 Å². The van der Waals surface area contributed by atoms with Crippen molar-refractivity contribution in [1.82, 2.24) is 0 Å². The van der Waals surface area contributed by atoms with Gasteiger partial charge in [0, 0.05) is 4.47 Å². The van der Waals surface area contributed by atoms with Gasteiger partial charge in [0.15, 0.2) is 0 Å². The van der Waals surface area contributed by atoms with E-state index < -0.39 is 0 Å². The van der Waals surface area contributed by atoms with E-state index >= 15 is 0 Å². The molecule has 0 radical (unpaired) electrons. The monoisotopic (exact) mass is 326 g/mol. The maximum Gasteiger partial charge on any atom is 0.306 e. The lowest BCUT2D eigenvalue weighted by Gasteiger charge is -2.18. The fourth-order valence-corrected chi connectivity index (χ4v) is 2.65. The molecule has 1 aromatic carbocycles. The molecule has 0 N–H and O–H groups in total. The summed E-state index contributed by atoms with van der Waals surface area (Å²) in [6, 6.07) is 8.12. The van der Waals surface area contributed by atoms with E-state index in [4.69, 9.17) is 4.74 Å². The Kier molecular flexibility index (Phi) is 7.14. The molecule has 2 nitrogen and oxygen atoms in total. The van der Waals surface area contributed by atoms with Crippen molar-refractivity contribution >= 4 is 21.9 Å². The van der Waals surface area contributed by atoms with Gasteiger partial charge >= 0.3 is 5.97 Å². The zero-order chi connectivity index (χ0) is 14.3. The van der Waals surface area contributed by atoms with Crippen LogP contribution in [0.1, 0.15) is 51.5 Å². The average molecular weight is 327 g/mol. The van der Waals surface area contributed by atoms with E-state index in [1.54, 1.807) is 0 Å². The zero-order valence-electron chi connectivity index (χ0n) is 12.0. The molecule has 0 aliphatic carbocycles. The molecule has 1 rings (SSSR count). The first-order valence-corrected chi connectivity index (χ1v) is 7.74. The van der Waals surface area contributed by atoms with Crippen molar-refractivity contribution in [2.75, 3.05) is 6.61 Å². The number of carbonyl (C=O) groups excluding carboxylic acids is 1. The smallest absolute Gasteiger partial charge is 0.306 e. The molecule has 0 fully saturated rings. The third-order valence-electron chi connectivity index (χ3n) is 2.97. The van der Waals surface area contributed by atoms with E-state index in [1.807, 2.05) is 32.0 Å². The number of halogens is 1. The molecule has 106 valence electrons. The molecule has 3 heteroatoms. The van der Waals surface area contributed by atoms with Crippen molar-refractivity contribution in [1.29, 1.82) is 0 Å². The van der Waals surface area contributed by atoms with Crippen molar-refractivity contribution in [3.8, 4) is 0 Å². The Morgan fingerprint density at radius 3 is 2.58 bits per heavy atom. The van der Waals surface area contributed by atoms with Crippen LogP contribution in [0, 0.1) is 5.92 Å². The molecule has 1 atom stereocenters. The highest BCUT2D eigenvalue weighted by Crippen LogP contribution is 2.31. The van der Waals surface area contributed by atoms with Gasteiger partial charge in [0.05, 0.1) is 13.0 Å². The van der Waals surface area contributed by atoms with Crippen LogP contribution in [0.2, 0.25) is 0 Å². The van der Waals surface area contributed by atoms with E-state index in [2.05, 4.69) is 28.9 Å². The topological polar surface area (TPSA) is 26.3 Å². The number of rotatable bonds is 7. The lowest BCUT2D eigenvalue weighted by atomic mass is 9.91. The third-order valence-corrected chi connectivity index (χ3v) is 3.70. The molecule has 1 aromatic rings. The lowest BCUT2D eigenvalue weighted by Crippen LogP contribution is -2.14. The quantitative estimate of drug-likeness (QED) is 0.664.